The van der Waals surface area contributed by atoms with E-state index >= 15 is 0 Å². The molecule has 0 fully saturated rings. The van der Waals surface area contributed by atoms with Crippen molar-refractivity contribution in [2.45, 2.75) is 63.8 Å². The minimum absolute atomic E-state index is 0.135. The van der Waals surface area contributed by atoms with Gasteiger partial charge in [-0.3, -0.25) is 13.9 Å². The number of benzene rings is 3. The van der Waals surface area contributed by atoms with E-state index in [1.165, 1.54) is 23.1 Å². The van der Waals surface area contributed by atoms with Crippen molar-refractivity contribution in [1.82, 2.24) is 10.2 Å². The van der Waals surface area contributed by atoms with E-state index in [2.05, 4.69) is 5.32 Å². The van der Waals surface area contributed by atoms with Gasteiger partial charge in [-0.15, -0.1) is 0 Å². The summed E-state index contributed by atoms with van der Waals surface area (Å²) in [6.07, 6.45) is -4.57. The lowest BCUT2D eigenvalue weighted by atomic mass is 10.1. The highest BCUT2D eigenvalue weighted by atomic mass is 35.5. The zero-order valence-electron chi connectivity index (χ0n) is 23.7. The summed E-state index contributed by atoms with van der Waals surface area (Å²) in [5.74, 6) is -1.26. The number of nitrogens with zero attached hydrogens (tertiary/aromatic N) is 2. The van der Waals surface area contributed by atoms with Crippen molar-refractivity contribution < 1.29 is 31.2 Å². The molecular formula is C30H33ClF3N3O4S. The largest absolute Gasteiger partial charge is 0.416 e. The van der Waals surface area contributed by atoms with Crippen LogP contribution in [0.3, 0.4) is 0 Å². The average Bonchev–Trinajstić information content (AvgIpc) is 2.92. The Balaban J connectivity index is 2.14. The number of hydrogen-bond acceptors (Lipinski definition) is 4. The number of alkyl halides is 3. The number of anilines is 1. The highest BCUT2D eigenvalue weighted by Crippen LogP contribution is 2.33. The van der Waals surface area contributed by atoms with E-state index in [1.807, 2.05) is 0 Å². The molecule has 0 aliphatic heterocycles. The van der Waals surface area contributed by atoms with Crippen LogP contribution in [0.1, 0.15) is 43.9 Å². The van der Waals surface area contributed by atoms with E-state index in [-0.39, 0.29) is 29.6 Å². The molecule has 0 aromatic heterocycles. The maximum Gasteiger partial charge on any atom is 0.416 e. The third-order valence-electron chi connectivity index (χ3n) is 6.46. The molecule has 3 rings (SSSR count). The maximum atomic E-state index is 14.0. The molecule has 0 heterocycles. The van der Waals surface area contributed by atoms with Crippen LogP contribution in [0.25, 0.3) is 0 Å². The Morgan fingerprint density at radius 2 is 1.62 bits per heavy atom. The molecule has 1 atom stereocenters. The molecule has 0 unspecified atom stereocenters. The normalized spacial score (nSPS) is 12.6. The van der Waals surface area contributed by atoms with Crippen molar-refractivity contribution in [2.75, 3.05) is 10.8 Å². The van der Waals surface area contributed by atoms with Gasteiger partial charge in [-0.25, -0.2) is 8.42 Å². The van der Waals surface area contributed by atoms with Crippen LogP contribution >= 0.6 is 11.6 Å². The van der Waals surface area contributed by atoms with Gasteiger partial charge in [-0.05, 0) is 69.2 Å². The van der Waals surface area contributed by atoms with Crippen molar-refractivity contribution in [3.8, 4) is 0 Å². The number of amides is 2. The molecule has 12 heteroatoms. The number of sulfonamides is 1. The smallest absolute Gasteiger partial charge is 0.352 e. The molecule has 0 spiro atoms. The van der Waals surface area contributed by atoms with Crippen LogP contribution in [0.4, 0.5) is 18.9 Å². The molecule has 2 amide bonds. The fourth-order valence-electron chi connectivity index (χ4n) is 4.31. The fraction of sp³-hybridized carbons (Fsp3) is 0.333. The second kappa shape index (κ2) is 13.6. The van der Waals surface area contributed by atoms with E-state index in [1.54, 1.807) is 64.1 Å². The second-order valence-corrected chi connectivity index (χ2v) is 12.3. The van der Waals surface area contributed by atoms with Gasteiger partial charge in [0.2, 0.25) is 11.8 Å². The SMILES string of the molecule is CC[C@@H](C(=O)NC(C)C)N(Cc1ccccc1Cl)C(=O)CN(c1cccc(C(F)(F)F)c1)S(=O)(=O)c1ccc(C)cc1. The Morgan fingerprint density at radius 1 is 0.976 bits per heavy atom. The summed E-state index contributed by atoms with van der Waals surface area (Å²) in [6.45, 7) is 5.97. The van der Waals surface area contributed by atoms with Gasteiger partial charge >= 0.3 is 6.18 Å². The molecule has 0 radical (unpaired) electrons. The van der Waals surface area contributed by atoms with Crippen LogP contribution in [-0.2, 0) is 32.3 Å². The summed E-state index contributed by atoms with van der Waals surface area (Å²) in [5, 5.41) is 3.11. The molecule has 0 aliphatic carbocycles. The first kappa shape index (κ1) is 32.9. The lowest BCUT2D eigenvalue weighted by molar-refractivity contribution is -0.140. The topological polar surface area (TPSA) is 86.8 Å². The van der Waals surface area contributed by atoms with Crippen LogP contribution in [0.5, 0.6) is 0 Å². The van der Waals surface area contributed by atoms with Crippen LogP contribution < -0.4 is 9.62 Å². The first-order valence-electron chi connectivity index (χ1n) is 13.2. The standard InChI is InChI=1S/C30H33ClF3N3O4S/c1-5-27(29(39)35-20(2)3)36(18-22-9-6-7-12-26(22)31)28(38)19-37(24-11-8-10-23(17-24)30(32,33)34)42(40,41)25-15-13-21(4)14-16-25/h6-17,20,27H,5,18-19H2,1-4H3,(H,35,39)/t27-/m0/s1. The molecule has 7 nitrogen and oxygen atoms in total. The van der Waals surface area contributed by atoms with E-state index < -0.39 is 46.2 Å². The van der Waals surface area contributed by atoms with Crippen LogP contribution in [-0.4, -0.2) is 43.8 Å². The van der Waals surface area contributed by atoms with Gasteiger partial charge in [0.05, 0.1) is 16.1 Å². The van der Waals surface area contributed by atoms with E-state index in [0.717, 1.165) is 17.7 Å². The molecule has 0 saturated heterocycles. The Morgan fingerprint density at radius 3 is 2.19 bits per heavy atom. The van der Waals surface area contributed by atoms with Crippen molar-refractivity contribution in [3.63, 3.8) is 0 Å². The third kappa shape index (κ3) is 8.04. The average molecular weight is 624 g/mol. The Labute approximate surface area is 249 Å². The van der Waals surface area contributed by atoms with Gasteiger partial charge in [-0.2, -0.15) is 13.2 Å². The molecule has 0 aliphatic rings. The van der Waals surface area contributed by atoms with E-state index in [9.17, 15) is 31.2 Å². The monoisotopic (exact) mass is 623 g/mol. The first-order valence-corrected chi connectivity index (χ1v) is 15.1. The molecule has 226 valence electrons. The first-order chi connectivity index (χ1) is 19.6. The van der Waals surface area contributed by atoms with Crippen molar-refractivity contribution in [2.24, 2.45) is 0 Å². The number of aryl methyl sites for hydroxylation is 1. The molecule has 3 aromatic rings. The summed E-state index contributed by atoms with van der Waals surface area (Å²) < 4.78 is 69.2. The number of hydrogen-bond donors (Lipinski definition) is 1. The van der Waals surface area contributed by atoms with Crippen LogP contribution in [0.2, 0.25) is 5.02 Å². The van der Waals surface area contributed by atoms with Crippen molar-refractivity contribution in [3.05, 3.63) is 94.5 Å². The van der Waals surface area contributed by atoms with Gasteiger partial charge in [0.15, 0.2) is 0 Å². The van der Waals surface area contributed by atoms with Crippen LogP contribution in [0.15, 0.2) is 77.7 Å². The van der Waals surface area contributed by atoms with Crippen molar-refractivity contribution >= 4 is 39.1 Å². The lowest BCUT2D eigenvalue weighted by Crippen LogP contribution is -2.53. The molecule has 3 aromatic carbocycles. The van der Waals surface area contributed by atoms with E-state index in [0.29, 0.717) is 21.0 Å². The minimum atomic E-state index is -4.75. The van der Waals surface area contributed by atoms with Crippen molar-refractivity contribution in [1.29, 1.82) is 0 Å². The zero-order valence-corrected chi connectivity index (χ0v) is 25.2. The highest BCUT2D eigenvalue weighted by molar-refractivity contribution is 7.92. The van der Waals surface area contributed by atoms with E-state index in [4.69, 9.17) is 11.6 Å². The Hall–Kier alpha value is -3.57. The lowest BCUT2D eigenvalue weighted by Gasteiger charge is -2.33. The van der Waals surface area contributed by atoms with Gasteiger partial charge in [-0.1, -0.05) is 60.5 Å². The van der Waals surface area contributed by atoms with Gasteiger partial charge in [0.25, 0.3) is 10.0 Å². The molecule has 0 saturated carbocycles. The predicted octanol–water partition coefficient (Wildman–Crippen LogP) is 6.19. The zero-order chi connectivity index (χ0) is 31.2. The number of halogens is 4. The quantitative estimate of drug-likeness (QED) is 0.276. The Kier molecular flexibility index (Phi) is 10.7. The Bertz CT molecular complexity index is 1510. The maximum absolute atomic E-state index is 14.0. The second-order valence-electron chi connectivity index (χ2n) is 10.1. The fourth-order valence-corrected chi connectivity index (χ4v) is 5.92. The molecule has 1 N–H and O–H groups in total. The highest BCUT2D eigenvalue weighted by Gasteiger charge is 2.36. The summed E-state index contributed by atoms with van der Waals surface area (Å²) >= 11 is 6.36. The number of rotatable bonds is 11. The molecule has 0 bridgehead atoms. The summed E-state index contributed by atoms with van der Waals surface area (Å²) in [5.41, 5.74) is -0.151. The predicted molar refractivity (Wildman–Crippen MR) is 157 cm³/mol. The molecular weight excluding hydrogens is 591 g/mol. The number of carbonyl (C=O) groups excluding carboxylic acids is 2. The summed E-state index contributed by atoms with van der Waals surface area (Å²) in [7, 11) is -4.52. The van der Waals surface area contributed by atoms with Gasteiger partial charge in [0.1, 0.15) is 12.6 Å². The number of nitrogens with one attached hydrogen (secondary N) is 1. The van der Waals surface area contributed by atoms with Gasteiger partial charge in [0, 0.05) is 17.6 Å². The summed E-state index contributed by atoms with van der Waals surface area (Å²) in [4.78, 5) is 28.2. The molecule has 42 heavy (non-hydrogen) atoms. The summed E-state index contributed by atoms with van der Waals surface area (Å²) in [6, 6.07) is 14.9. The third-order valence-corrected chi connectivity index (χ3v) is 8.62. The number of carbonyl (C=O) groups is 2. The van der Waals surface area contributed by atoms with Gasteiger partial charge < -0.3 is 10.2 Å². The minimum Gasteiger partial charge on any atom is -0.352 e. The van der Waals surface area contributed by atoms with Crippen LogP contribution in [0, 0.1) is 6.92 Å².